The van der Waals surface area contributed by atoms with Crippen LogP contribution < -0.4 is 5.73 Å². The van der Waals surface area contributed by atoms with Crippen molar-refractivity contribution < 1.29 is 14.7 Å². The minimum atomic E-state index is -1.02. The molecule has 2 aromatic heterocycles. The number of fused-ring (bicyclic) bond motifs is 1. The highest BCUT2D eigenvalue weighted by molar-refractivity contribution is 6.28. The fraction of sp³-hybridized carbons (Fsp3) is 0.467. The van der Waals surface area contributed by atoms with Crippen molar-refractivity contribution in [3.05, 3.63) is 23.7 Å². The number of carbonyl (C=O) groups is 2. The second-order valence-electron chi connectivity index (χ2n) is 6.00. The van der Waals surface area contributed by atoms with Gasteiger partial charge in [0.05, 0.1) is 11.5 Å². The molecular weight excluding hydrogens is 320 g/mol. The Bertz CT molecular complexity index is 767. The third-order valence-electron chi connectivity index (χ3n) is 4.72. The molecule has 7 nitrogen and oxygen atoms in total. The molecular formula is C15H17ClN4O3. The van der Waals surface area contributed by atoms with Crippen molar-refractivity contribution in [3.8, 4) is 0 Å². The van der Waals surface area contributed by atoms with Gasteiger partial charge in [0.25, 0.3) is 0 Å². The molecule has 0 radical (unpaired) electrons. The lowest BCUT2D eigenvalue weighted by Crippen LogP contribution is -2.39. The lowest BCUT2D eigenvalue weighted by molar-refractivity contribution is -0.152. The predicted molar refractivity (Wildman–Crippen MR) is 83.9 cm³/mol. The van der Waals surface area contributed by atoms with Gasteiger partial charge in [0.15, 0.2) is 0 Å². The number of rotatable bonds is 5. The van der Waals surface area contributed by atoms with E-state index < -0.39 is 23.3 Å². The van der Waals surface area contributed by atoms with Crippen molar-refractivity contribution in [1.82, 2.24) is 14.5 Å². The van der Waals surface area contributed by atoms with Crippen molar-refractivity contribution in [3.63, 3.8) is 0 Å². The molecule has 8 heteroatoms. The van der Waals surface area contributed by atoms with Gasteiger partial charge in [-0.3, -0.25) is 9.59 Å². The van der Waals surface area contributed by atoms with Crippen LogP contribution >= 0.6 is 11.6 Å². The zero-order valence-electron chi connectivity index (χ0n) is 12.4. The molecule has 0 saturated heterocycles. The summed E-state index contributed by atoms with van der Waals surface area (Å²) in [5, 5.41) is 10.7. The predicted octanol–water partition coefficient (Wildman–Crippen LogP) is 2.15. The van der Waals surface area contributed by atoms with Gasteiger partial charge in [-0.2, -0.15) is 4.98 Å². The second kappa shape index (κ2) is 5.81. The van der Waals surface area contributed by atoms with E-state index >= 15 is 0 Å². The molecule has 2 aromatic rings. The Morgan fingerprint density at radius 3 is 2.74 bits per heavy atom. The first-order valence-corrected chi connectivity index (χ1v) is 7.82. The highest BCUT2D eigenvalue weighted by Gasteiger charge is 2.49. The number of nitrogens with two attached hydrogens (primary N) is 1. The van der Waals surface area contributed by atoms with Gasteiger partial charge >= 0.3 is 5.97 Å². The molecule has 1 aliphatic carbocycles. The smallest absolute Gasteiger partial charge is 0.311 e. The van der Waals surface area contributed by atoms with Gasteiger partial charge in [0.1, 0.15) is 5.65 Å². The average molecular weight is 337 g/mol. The molecule has 23 heavy (non-hydrogen) atoms. The molecule has 1 fully saturated rings. The van der Waals surface area contributed by atoms with Crippen molar-refractivity contribution in [2.45, 2.75) is 38.1 Å². The molecule has 1 amide bonds. The number of carboxylic acids is 1. The van der Waals surface area contributed by atoms with E-state index in [1.54, 1.807) is 23.0 Å². The monoisotopic (exact) mass is 336 g/mol. The van der Waals surface area contributed by atoms with Gasteiger partial charge in [-0.15, -0.1) is 0 Å². The standard InChI is InChI=1S/C15H17ClN4O3/c16-14-18-8-9-3-6-20(12(9)19-14)10(7-11(17)21)15(13(22)23)4-1-2-5-15/h3,6,8,10H,1-2,4-5,7H2,(H2,17,21)(H,22,23). The van der Waals surface area contributed by atoms with Gasteiger partial charge in [-0.25, -0.2) is 4.98 Å². The fourth-order valence-electron chi connectivity index (χ4n) is 3.61. The topological polar surface area (TPSA) is 111 Å². The lowest BCUT2D eigenvalue weighted by atomic mass is 9.76. The number of aromatic nitrogens is 3. The zero-order valence-corrected chi connectivity index (χ0v) is 13.2. The summed E-state index contributed by atoms with van der Waals surface area (Å²) in [6, 6.07) is 1.19. The number of aliphatic carboxylic acids is 1. The molecule has 3 N–H and O–H groups in total. The third-order valence-corrected chi connectivity index (χ3v) is 4.90. The first-order valence-electron chi connectivity index (χ1n) is 7.45. The molecule has 1 unspecified atom stereocenters. The first-order chi connectivity index (χ1) is 10.9. The van der Waals surface area contributed by atoms with E-state index in [9.17, 15) is 14.7 Å². The van der Waals surface area contributed by atoms with Crippen LogP contribution in [0.5, 0.6) is 0 Å². The van der Waals surface area contributed by atoms with Gasteiger partial charge in [0.2, 0.25) is 11.2 Å². The molecule has 1 atom stereocenters. The van der Waals surface area contributed by atoms with E-state index in [0.29, 0.717) is 18.5 Å². The van der Waals surface area contributed by atoms with E-state index in [1.807, 2.05) is 0 Å². The number of hydrogen-bond acceptors (Lipinski definition) is 4. The van der Waals surface area contributed by atoms with Crippen molar-refractivity contribution in [1.29, 1.82) is 0 Å². The van der Waals surface area contributed by atoms with Crippen LogP contribution in [-0.2, 0) is 9.59 Å². The van der Waals surface area contributed by atoms with Crippen LogP contribution in [0.3, 0.4) is 0 Å². The maximum absolute atomic E-state index is 12.0. The SMILES string of the molecule is NC(=O)CC(n1ccc2cnc(Cl)nc21)C1(C(=O)O)CCCC1. The maximum Gasteiger partial charge on any atom is 0.311 e. The molecule has 2 heterocycles. The largest absolute Gasteiger partial charge is 0.481 e. The van der Waals surface area contributed by atoms with Crippen LogP contribution in [0.1, 0.15) is 38.1 Å². The summed E-state index contributed by atoms with van der Waals surface area (Å²) in [5.74, 6) is -1.44. The second-order valence-corrected chi connectivity index (χ2v) is 6.33. The average Bonchev–Trinajstić information content (AvgIpc) is 3.12. The van der Waals surface area contributed by atoms with E-state index in [4.69, 9.17) is 17.3 Å². The van der Waals surface area contributed by atoms with Crippen LogP contribution in [-0.4, -0.2) is 31.5 Å². The quantitative estimate of drug-likeness (QED) is 0.812. The number of carboxylic acid groups (broad SMARTS) is 1. The van der Waals surface area contributed by atoms with Crippen LogP contribution in [0.15, 0.2) is 18.5 Å². The number of amides is 1. The van der Waals surface area contributed by atoms with E-state index in [0.717, 1.165) is 18.2 Å². The van der Waals surface area contributed by atoms with Crippen LogP contribution in [0.25, 0.3) is 11.0 Å². The maximum atomic E-state index is 12.0. The summed E-state index contributed by atoms with van der Waals surface area (Å²) < 4.78 is 1.72. The Hall–Kier alpha value is -2.15. The number of nitrogens with zero attached hydrogens (tertiary/aromatic N) is 3. The van der Waals surface area contributed by atoms with Gasteiger partial charge < -0.3 is 15.4 Å². The number of primary amides is 1. The van der Waals surface area contributed by atoms with E-state index in [2.05, 4.69) is 9.97 Å². The van der Waals surface area contributed by atoms with Crippen LogP contribution in [0.4, 0.5) is 0 Å². The Morgan fingerprint density at radius 1 is 1.43 bits per heavy atom. The number of hydrogen-bond donors (Lipinski definition) is 2. The Balaban J connectivity index is 2.16. The van der Waals surface area contributed by atoms with E-state index in [-0.39, 0.29) is 11.7 Å². The van der Waals surface area contributed by atoms with Crippen molar-refractivity contribution >= 4 is 34.5 Å². The zero-order chi connectivity index (χ0) is 16.6. The van der Waals surface area contributed by atoms with Crippen molar-refractivity contribution in [2.24, 2.45) is 11.1 Å². The Morgan fingerprint density at radius 2 is 2.13 bits per heavy atom. The Labute approximate surface area is 137 Å². The summed E-state index contributed by atoms with van der Waals surface area (Å²) in [5.41, 5.74) is 4.90. The number of carbonyl (C=O) groups excluding carboxylic acids is 1. The fourth-order valence-corrected chi connectivity index (χ4v) is 3.74. The summed E-state index contributed by atoms with van der Waals surface area (Å²) in [6.45, 7) is 0. The first kappa shape index (κ1) is 15.7. The van der Waals surface area contributed by atoms with Gasteiger partial charge in [-0.1, -0.05) is 12.8 Å². The summed E-state index contributed by atoms with van der Waals surface area (Å²) in [4.78, 5) is 31.7. The molecule has 1 aliphatic rings. The molecule has 0 bridgehead atoms. The van der Waals surface area contributed by atoms with E-state index in [1.165, 1.54) is 0 Å². The van der Waals surface area contributed by atoms with Crippen LogP contribution in [0, 0.1) is 5.41 Å². The molecule has 0 aliphatic heterocycles. The van der Waals surface area contributed by atoms with Gasteiger partial charge in [-0.05, 0) is 30.5 Å². The molecule has 0 spiro atoms. The van der Waals surface area contributed by atoms with Crippen LogP contribution in [0.2, 0.25) is 5.28 Å². The third kappa shape index (κ3) is 2.65. The van der Waals surface area contributed by atoms with Crippen molar-refractivity contribution in [2.75, 3.05) is 0 Å². The summed E-state index contributed by atoms with van der Waals surface area (Å²) in [6.07, 6.45) is 5.90. The molecule has 1 saturated carbocycles. The Kier molecular flexibility index (Phi) is 3.97. The normalized spacial score (nSPS) is 18.1. The molecule has 0 aromatic carbocycles. The number of halogens is 1. The molecule has 122 valence electrons. The molecule has 3 rings (SSSR count). The summed E-state index contributed by atoms with van der Waals surface area (Å²) >= 11 is 5.87. The van der Waals surface area contributed by atoms with Gasteiger partial charge in [0, 0.05) is 24.2 Å². The highest BCUT2D eigenvalue weighted by Crippen LogP contribution is 2.49. The highest BCUT2D eigenvalue weighted by atomic mass is 35.5. The minimum absolute atomic E-state index is 0.0578. The summed E-state index contributed by atoms with van der Waals surface area (Å²) in [7, 11) is 0. The minimum Gasteiger partial charge on any atom is -0.481 e. The lowest BCUT2D eigenvalue weighted by Gasteiger charge is -2.34.